The number of amides is 1. The first kappa shape index (κ1) is 13.1. The highest BCUT2D eigenvalue weighted by Crippen LogP contribution is 2.23. The van der Waals surface area contributed by atoms with E-state index in [2.05, 4.69) is 17.5 Å². The number of thiol groups is 1. The molecule has 0 aromatic heterocycles. The van der Waals surface area contributed by atoms with Crippen LogP contribution in [0.15, 0.2) is 0 Å². The molecular weight excluding hydrogens is 232 g/mol. The van der Waals surface area contributed by atoms with Crippen LogP contribution < -0.4 is 0 Å². The van der Waals surface area contributed by atoms with Crippen LogP contribution in [0.2, 0.25) is 0 Å². The molecule has 3 nitrogen and oxygen atoms in total. The van der Waals surface area contributed by atoms with E-state index in [9.17, 15) is 4.79 Å². The highest BCUT2D eigenvalue weighted by molar-refractivity contribution is 7.81. The van der Waals surface area contributed by atoms with Crippen molar-refractivity contribution >= 4 is 30.9 Å². The van der Waals surface area contributed by atoms with Crippen molar-refractivity contribution in [3.8, 4) is 0 Å². The summed E-state index contributed by atoms with van der Waals surface area (Å²) in [5, 5.41) is 0.372. The summed E-state index contributed by atoms with van der Waals surface area (Å²) in [5.41, 5.74) is 0. The molecule has 2 rings (SSSR count). The van der Waals surface area contributed by atoms with Crippen LogP contribution in [0.1, 0.15) is 19.3 Å². The summed E-state index contributed by atoms with van der Waals surface area (Å²) in [6.45, 7) is 2.86. The van der Waals surface area contributed by atoms with Gasteiger partial charge < -0.3 is 4.90 Å². The maximum absolute atomic E-state index is 12.1. The molecule has 2 fully saturated rings. The molecule has 2 saturated heterocycles. The molecule has 0 aromatic carbocycles. The fourth-order valence-electron chi connectivity index (χ4n) is 2.41. The molecular formula is C10H19ClN2OS. The smallest absolute Gasteiger partial charge is 0.239 e. The summed E-state index contributed by atoms with van der Waals surface area (Å²) in [6, 6.07) is 0.0931. The van der Waals surface area contributed by atoms with E-state index in [1.54, 1.807) is 0 Å². The van der Waals surface area contributed by atoms with Crippen molar-refractivity contribution in [2.24, 2.45) is 0 Å². The third-order valence-electron chi connectivity index (χ3n) is 3.23. The van der Waals surface area contributed by atoms with Gasteiger partial charge in [-0.2, -0.15) is 12.6 Å². The van der Waals surface area contributed by atoms with Crippen molar-refractivity contribution in [2.45, 2.75) is 30.6 Å². The quantitative estimate of drug-likeness (QED) is 0.703. The topological polar surface area (TPSA) is 23.6 Å². The molecule has 0 aromatic rings. The van der Waals surface area contributed by atoms with Gasteiger partial charge in [-0.15, -0.1) is 12.4 Å². The summed E-state index contributed by atoms with van der Waals surface area (Å²) in [4.78, 5) is 16.2. The van der Waals surface area contributed by atoms with Gasteiger partial charge in [0.1, 0.15) is 0 Å². The van der Waals surface area contributed by atoms with E-state index in [1.807, 2.05) is 11.9 Å². The molecule has 88 valence electrons. The van der Waals surface area contributed by atoms with E-state index in [-0.39, 0.29) is 18.4 Å². The maximum atomic E-state index is 12.1. The van der Waals surface area contributed by atoms with Gasteiger partial charge in [0.15, 0.2) is 0 Å². The standard InChI is InChI=1S/C10H18N2OS.ClH/c1-11-7-8(14)6-9(11)10(13)12-4-2-3-5-12;/h8-9,14H,2-7H2,1H3;1H/t8-,9-;/m0./s1. The fourth-order valence-corrected chi connectivity index (χ4v) is 2.87. The lowest BCUT2D eigenvalue weighted by molar-refractivity contribution is -0.134. The second kappa shape index (κ2) is 5.41. The Hall–Kier alpha value is 0.0700. The Morgan fingerprint density at radius 2 is 1.93 bits per heavy atom. The van der Waals surface area contributed by atoms with Gasteiger partial charge in [0.25, 0.3) is 0 Å². The molecule has 0 N–H and O–H groups in total. The average molecular weight is 251 g/mol. The third-order valence-corrected chi connectivity index (χ3v) is 3.60. The van der Waals surface area contributed by atoms with Gasteiger partial charge in [-0.1, -0.05) is 0 Å². The molecule has 0 unspecified atom stereocenters. The minimum Gasteiger partial charge on any atom is -0.341 e. The van der Waals surface area contributed by atoms with Gasteiger partial charge in [-0.25, -0.2) is 0 Å². The lowest BCUT2D eigenvalue weighted by Crippen LogP contribution is -2.42. The first-order chi connectivity index (χ1) is 6.68. The predicted octanol–water partition coefficient (Wildman–Crippen LogP) is 1.03. The van der Waals surface area contributed by atoms with E-state index in [0.29, 0.717) is 11.2 Å². The van der Waals surface area contributed by atoms with Crippen LogP contribution in [0.4, 0.5) is 0 Å². The number of likely N-dealkylation sites (N-methyl/N-ethyl adjacent to an activating group) is 1. The summed E-state index contributed by atoms with van der Waals surface area (Å²) >= 11 is 4.44. The normalized spacial score (nSPS) is 31.7. The predicted molar refractivity (Wildman–Crippen MR) is 66.9 cm³/mol. The number of hydrogen-bond donors (Lipinski definition) is 1. The summed E-state index contributed by atoms with van der Waals surface area (Å²) in [5.74, 6) is 0.321. The SMILES string of the molecule is CN1C[C@@H](S)C[C@H]1C(=O)N1CCCC1.Cl. The zero-order valence-corrected chi connectivity index (χ0v) is 10.8. The van der Waals surface area contributed by atoms with Crippen molar-refractivity contribution in [1.82, 2.24) is 9.80 Å². The second-order valence-corrected chi connectivity index (χ2v) is 5.11. The first-order valence-electron chi connectivity index (χ1n) is 5.35. The minimum absolute atomic E-state index is 0. The Bertz CT molecular complexity index is 233. The van der Waals surface area contributed by atoms with Gasteiger partial charge in [0.05, 0.1) is 6.04 Å². The largest absolute Gasteiger partial charge is 0.341 e. The molecule has 2 atom stereocenters. The second-order valence-electron chi connectivity index (χ2n) is 4.38. The van der Waals surface area contributed by atoms with Crippen molar-refractivity contribution in [2.75, 3.05) is 26.7 Å². The van der Waals surface area contributed by atoms with E-state index < -0.39 is 0 Å². The number of nitrogens with zero attached hydrogens (tertiary/aromatic N) is 2. The van der Waals surface area contributed by atoms with E-state index >= 15 is 0 Å². The maximum Gasteiger partial charge on any atom is 0.239 e. The molecule has 2 aliphatic rings. The molecule has 15 heavy (non-hydrogen) atoms. The van der Waals surface area contributed by atoms with Gasteiger partial charge in [0.2, 0.25) is 5.91 Å². The van der Waals surface area contributed by atoms with Crippen LogP contribution >= 0.6 is 25.0 Å². The summed E-state index contributed by atoms with van der Waals surface area (Å²) < 4.78 is 0. The van der Waals surface area contributed by atoms with Crippen molar-refractivity contribution in [3.63, 3.8) is 0 Å². The van der Waals surface area contributed by atoms with Gasteiger partial charge in [-0.05, 0) is 26.3 Å². The lowest BCUT2D eigenvalue weighted by atomic mass is 10.2. The van der Waals surface area contributed by atoms with Crippen molar-refractivity contribution < 1.29 is 4.79 Å². The van der Waals surface area contributed by atoms with Gasteiger partial charge in [-0.3, -0.25) is 9.69 Å². The molecule has 5 heteroatoms. The number of halogens is 1. The van der Waals surface area contributed by atoms with Crippen LogP contribution in [0.25, 0.3) is 0 Å². The monoisotopic (exact) mass is 250 g/mol. The van der Waals surface area contributed by atoms with E-state index in [0.717, 1.165) is 26.1 Å². The Balaban J connectivity index is 0.00000112. The van der Waals surface area contributed by atoms with Gasteiger partial charge >= 0.3 is 0 Å². The Kier molecular flexibility index (Phi) is 4.74. The summed E-state index contributed by atoms with van der Waals surface area (Å²) in [7, 11) is 2.02. The van der Waals surface area contributed by atoms with E-state index in [4.69, 9.17) is 0 Å². The molecule has 2 aliphatic heterocycles. The van der Waals surface area contributed by atoms with Crippen LogP contribution in [-0.4, -0.2) is 53.7 Å². The zero-order chi connectivity index (χ0) is 10.1. The highest BCUT2D eigenvalue weighted by atomic mass is 35.5. The third kappa shape index (κ3) is 2.80. The molecule has 1 amide bonds. The van der Waals surface area contributed by atoms with Crippen LogP contribution in [0, 0.1) is 0 Å². The molecule has 0 bridgehead atoms. The number of carbonyl (C=O) groups is 1. The lowest BCUT2D eigenvalue weighted by Gasteiger charge is -2.24. The van der Waals surface area contributed by atoms with Gasteiger partial charge in [0, 0.05) is 24.9 Å². The van der Waals surface area contributed by atoms with Crippen LogP contribution in [0.5, 0.6) is 0 Å². The number of carbonyl (C=O) groups excluding carboxylic acids is 1. The fraction of sp³-hybridized carbons (Fsp3) is 0.900. The van der Waals surface area contributed by atoms with Crippen molar-refractivity contribution in [1.29, 1.82) is 0 Å². The molecule has 0 radical (unpaired) electrons. The first-order valence-corrected chi connectivity index (χ1v) is 5.87. The Morgan fingerprint density at radius 1 is 1.33 bits per heavy atom. The molecule has 0 saturated carbocycles. The van der Waals surface area contributed by atoms with Crippen LogP contribution in [-0.2, 0) is 4.79 Å². The molecule has 0 spiro atoms. The number of rotatable bonds is 1. The number of hydrogen-bond acceptors (Lipinski definition) is 3. The van der Waals surface area contributed by atoms with Crippen LogP contribution in [0.3, 0.4) is 0 Å². The Morgan fingerprint density at radius 3 is 2.40 bits per heavy atom. The highest BCUT2D eigenvalue weighted by Gasteiger charge is 2.35. The van der Waals surface area contributed by atoms with Crippen molar-refractivity contribution in [3.05, 3.63) is 0 Å². The number of likely N-dealkylation sites (tertiary alicyclic amines) is 2. The average Bonchev–Trinajstić information content (AvgIpc) is 2.73. The molecule has 2 heterocycles. The minimum atomic E-state index is 0. The van der Waals surface area contributed by atoms with E-state index in [1.165, 1.54) is 12.8 Å². The Labute approximate surface area is 103 Å². The zero-order valence-electron chi connectivity index (χ0n) is 9.06. The summed E-state index contributed by atoms with van der Waals surface area (Å²) in [6.07, 6.45) is 3.26. The molecule has 0 aliphatic carbocycles.